The third-order valence-electron chi connectivity index (χ3n) is 3.54. The van der Waals surface area contributed by atoms with Crippen molar-refractivity contribution in [3.8, 4) is 0 Å². The normalized spacial score (nSPS) is 19.3. The van der Waals surface area contributed by atoms with E-state index in [9.17, 15) is 9.90 Å². The number of amides is 2. The summed E-state index contributed by atoms with van der Waals surface area (Å²) in [6.45, 7) is 2.63. The molecule has 2 rings (SSSR count). The Labute approximate surface area is 118 Å². The van der Waals surface area contributed by atoms with Gasteiger partial charge in [0.05, 0.1) is 12.6 Å². The number of rotatable bonds is 2. The molecule has 0 spiro atoms. The van der Waals surface area contributed by atoms with E-state index < -0.39 is 0 Å². The summed E-state index contributed by atoms with van der Waals surface area (Å²) in [5, 5.41) is 12.8. The highest BCUT2D eigenvalue weighted by Crippen LogP contribution is 2.22. The van der Waals surface area contributed by atoms with Crippen molar-refractivity contribution in [2.75, 3.05) is 18.5 Å². The first-order chi connectivity index (χ1) is 9.11. The van der Waals surface area contributed by atoms with Crippen LogP contribution in [0.2, 0.25) is 5.02 Å². The number of carbonyl (C=O) groups is 1. The van der Waals surface area contributed by atoms with Crippen LogP contribution in [0.4, 0.5) is 10.5 Å². The second kappa shape index (κ2) is 6.26. The van der Waals surface area contributed by atoms with Crippen LogP contribution in [0.1, 0.15) is 24.8 Å². The van der Waals surface area contributed by atoms with E-state index in [1.807, 2.05) is 13.0 Å². The highest BCUT2D eigenvalue weighted by Gasteiger charge is 2.26. The summed E-state index contributed by atoms with van der Waals surface area (Å²) < 4.78 is 0. The Morgan fingerprint density at radius 1 is 1.53 bits per heavy atom. The number of carbonyl (C=O) groups excluding carboxylic acids is 1. The number of urea groups is 1. The lowest BCUT2D eigenvalue weighted by Crippen LogP contribution is -2.47. The molecule has 0 aliphatic carbocycles. The quantitative estimate of drug-likeness (QED) is 0.876. The van der Waals surface area contributed by atoms with E-state index in [0.29, 0.717) is 11.6 Å². The predicted molar refractivity (Wildman–Crippen MR) is 76.6 cm³/mol. The number of anilines is 1. The number of nitrogens with one attached hydrogen (secondary N) is 1. The minimum Gasteiger partial charge on any atom is -0.394 e. The van der Waals surface area contributed by atoms with Crippen LogP contribution in [-0.4, -0.2) is 35.2 Å². The summed E-state index contributed by atoms with van der Waals surface area (Å²) in [5.41, 5.74) is 1.69. The number of piperidine rings is 1. The van der Waals surface area contributed by atoms with Gasteiger partial charge in [-0.15, -0.1) is 0 Å². The molecule has 0 saturated carbocycles. The molecule has 1 heterocycles. The van der Waals surface area contributed by atoms with Gasteiger partial charge in [-0.05, 0) is 43.9 Å². The molecule has 2 amide bonds. The summed E-state index contributed by atoms with van der Waals surface area (Å²) >= 11 is 5.94. The summed E-state index contributed by atoms with van der Waals surface area (Å²) in [4.78, 5) is 14.0. The van der Waals surface area contributed by atoms with E-state index in [1.165, 1.54) is 0 Å². The monoisotopic (exact) mass is 282 g/mol. The smallest absolute Gasteiger partial charge is 0.322 e. The molecule has 2 N–H and O–H groups in total. The van der Waals surface area contributed by atoms with Crippen LogP contribution < -0.4 is 5.32 Å². The maximum Gasteiger partial charge on any atom is 0.322 e. The summed E-state index contributed by atoms with van der Waals surface area (Å²) in [5.74, 6) is 0. The summed E-state index contributed by atoms with van der Waals surface area (Å²) in [7, 11) is 0. The lowest BCUT2D eigenvalue weighted by atomic mass is 10.0. The number of nitrogens with zero attached hydrogens (tertiary/aromatic N) is 1. The van der Waals surface area contributed by atoms with Crippen LogP contribution in [0.3, 0.4) is 0 Å². The molecule has 0 bridgehead atoms. The van der Waals surface area contributed by atoms with Crippen molar-refractivity contribution in [2.24, 2.45) is 0 Å². The van der Waals surface area contributed by atoms with E-state index in [0.717, 1.165) is 30.5 Å². The van der Waals surface area contributed by atoms with Gasteiger partial charge in [-0.25, -0.2) is 4.79 Å². The molecular formula is C14H19ClN2O2. The number of hydrogen-bond donors (Lipinski definition) is 2. The van der Waals surface area contributed by atoms with Gasteiger partial charge in [0.25, 0.3) is 0 Å². The predicted octanol–water partition coefficient (Wildman–Crippen LogP) is 3.03. The third-order valence-corrected chi connectivity index (χ3v) is 3.78. The molecule has 5 heteroatoms. The van der Waals surface area contributed by atoms with Crippen molar-refractivity contribution in [3.63, 3.8) is 0 Å². The maximum atomic E-state index is 12.3. The SMILES string of the molecule is Cc1ccc(Cl)cc1NC(=O)N1CCCCC1CO. The lowest BCUT2D eigenvalue weighted by Gasteiger charge is -2.34. The topological polar surface area (TPSA) is 52.6 Å². The van der Waals surface area contributed by atoms with Gasteiger partial charge >= 0.3 is 6.03 Å². The van der Waals surface area contributed by atoms with Gasteiger partial charge in [0.15, 0.2) is 0 Å². The zero-order chi connectivity index (χ0) is 13.8. The van der Waals surface area contributed by atoms with Crippen molar-refractivity contribution in [1.29, 1.82) is 0 Å². The molecule has 1 fully saturated rings. The first-order valence-electron chi connectivity index (χ1n) is 6.56. The zero-order valence-electron chi connectivity index (χ0n) is 11.0. The summed E-state index contributed by atoms with van der Waals surface area (Å²) in [6, 6.07) is 5.17. The Morgan fingerprint density at radius 2 is 2.32 bits per heavy atom. The molecule has 0 aromatic heterocycles. The number of aliphatic hydroxyl groups is 1. The molecule has 19 heavy (non-hydrogen) atoms. The number of halogens is 1. The molecule has 1 aliphatic heterocycles. The minimum absolute atomic E-state index is 0.0158. The highest BCUT2D eigenvalue weighted by atomic mass is 35.5. The molecule has 104 valence electrons. The van der Waals surface area contributed by atoms with Crippen LogP contribution >= 0.6 is 11.6 Å². The van der Waals surface area contributed by atoms with Crippen molar-refractivity contribution < 1.29 is 9.90 Å². The Balaban J connectivity index is 2.09. The average Bonchev–Trinajstić information content (AvgIpc) is 2.42. The Hall–Kier alpha value is -1.26. The second-order valence-electron chi connectivity index (χ2n) is 4.91. The first kappa shape index (κ1) is 14.2. The van der Waals surface area contributed by atoms with Gasteiger partial charge in [-0.1, -0.05) is 17.7 Å². The number of aryl methyl sites for hydroxylation is 1. The van der Waals surface area contributed by atoms with E-state index >= 15 is 0 Å². The van der Waals surface area contributed by atoms with Crippen LogP contribution in [0.25, 0.3) is 0 Å². The third kappa shape index (κ3) is 3.39. The molecule has 0 radical (unpaired) electrons. The maximum absolute atomic E-state index is 12.3. The average molecular weight is 283 g/mol. The van der Waals surface area contributed by atoms with E-state index in [4.69, 9.17) is 11.6 Å². The molecule has 1 atom stereocenters. The van der Waals surface area contributed by atoms with Crippen molar-refractivity contribution >= 4 is 23.3 Å². The van der Waals surface area contributed by atoms with Gasteiger partial charge in [0.2, 0.25) is 0 Å². The molecule has 1 saturated heterocycles. The standard InChI is InChI=1S/C14H19ClN2O2/c1-10-5-6-11(15)8-13(10)16-14(19)17-7-3-2-4-12(17)9-18/h5-6,8,12,18H,2-4,7,9H2,1H3,(H,16,19). The highest BCUT2D eigenvalue weighted by molar-refractivity contribution is 6.31. The number of hydrogen-bond acceptors (Lipinski definition) is 2. The Bertz CT molecular complexity index is 465. The molecule has 1 aliphatic rings. The molecule has 1 aromatic rings. The van der Waals surface area contributed by atoms with Crippen molar-refractivity contribution in [2.45, 2.75) is 32.2 Å². The van der Waals surface area contributed by atoms with Crippen molar-refractivity contribution in [3.05, 3.63) is 28.8 Å². The molecule has 1 aromatic carbocycles. The summed E-state index contributed by atoms with van der Waals surface area (Å²) in [6.07, 6.45) is 2.90. The Morgan fingerprint density at radius 3 is 3.05 bits per heavy atom. The van der Waals surface area contributed by atoms with E-state index in [-0.39, 0.29) is 18.7 Å². The fraction of sp³-hybridized carbons (Fsp3) is 0.500. The van der Waals surface area contributed by atoms with Crippen LogP contribution in [0.5, 0.6) is 0 Å². The van der Waals surface area contributed by atoms with E-state index in [1.54, 1.807) is 17.0 Å². The fourth-order valence-electron chi connectivity index (χ4n) is 2.37. The Kier molecular flexibility index (Phi) is 4.66. The largest absolute Gasteiger partial charge is 0.394 e. The van der Waals surface area contributed by atoms with Gasteiger partial charge in [-0.3, -0.25) is 0 Å². The minimum atomic E-state index is -0.163. The van der Waals surface area contributed by atoms with Gasteiger partial charge < -0.3 is 15.3 Å². The van der Waals surface area contributed by atoms with Gasteiger partial charge in [0, 0.05) is 17.3 Å². The van der Waals surface area contributed by atoms with Crippen LogP contribution in [0.15, 0.2) is 18.2 Å². The number of likely N-dealkylation sites (tertiary alicyclic amines) is 1. The molecular weight excluding hydrogens is 264 g/mol. The first-order valence-corrected chi connectivity index (χ1v) is 6.94. The van der Waals surface area contributed by atoms with Crippen LogP contribution in [0, 0.1) is 6.92 Å². The van der Waals surface area contributed by atoms with E-state index in [2.05, 4.69) is 5.32 Å². The number of aliphatic hydroxyl groups excluding tert-OH is 1. The zero-order valence-corrected chi connectivity index (χ0v) is 11.8. The van der Waals surface area contributed by atoms with Crippen LogP contribution in [-0.2, 0) is 0 Å². The van der Waals surface area contributed by atoms with Gasteiger partial charge in [0.1, 0.15) is 0 Å². The second-order valence-corrected chi connectivity index (χ2v) is 5.35. The van der Waals surface area contributed by atoms with Gasteiger partial charge in [-0.2, -0.15) is 0 Å². The lowest BCUT2D eigenvalue weighted by molar-refractivity contribution is 0.115. The number of benzene rings is 1. The molecule has 1 unspecified atom stereocenters. The fourth-order valence-corrected chi connectivity index (χ4v) is 2.55. The van der Waals surface area contributed by atoms with Crippen molar-refractivity contribution in [1.82, 2.24) is 4.90 Å². The molecule has 4 nitrogen and oxygen atoms in total.